The highest BCUT2D eigenvalue weighted by molar-refractivity contribution is 9.10. The molecule has 0 aliphatic carbocycles. The van der Waals surface area contributed by atoms with Gasteiger partial charge in [0, 0.05) is 16.0 Å². The minimum atomic E-state index is -0.837. The molecule has 3 nitrogen and oxygen atoms in total. The first-order valence-corrected chi connectivity index (χ1v) is 5.96. The highest BCUT2D eigenvalue weighted by Crippen LogP contribution is 2.22. The van der Waals surface area contributed by atoms with Gasteiger partial charge in [0.05, 0.1) is 0 Å². The summed E-state index contributed by atoms with van der Waals surface area (Å²) in [6, 6.07) is 5.05. The number of aliphatic carboxylic acids is 1. The van der Waals surface area contributed by atoms with Crippen molar-refractivity contribution in [2.75, 3.05) is 7.05 Å². The van der Waals surface area contributed by atoms with Crippen molar-refractivity contribution in [3.63, 3.8) is 0 Å². The van der Waals surface area contributed by atoms with Crippen LogP contribution in [0.3, 0.4) is 0 Å². The van der Waals surface area contributed by atoms with E-state index in [0.29, 0.717) is 11.6 Å². The monoisotopic (exact) mass is 305 g/mol. The summed E-state index contributed by atoms with van der Waals surface area (Å²) >= 11 is 9.38. The van der Waals surface area contributed by atoms with Crippen molar-refractivity contribution in [3.05, 3.63) is 33.3 Å². The molecule has 0 aliphatic rings. The van der Waals surface area contributed by atoms with Crippen molar-refractivity contribution in [3.8, 4) is 0 Å². The Balaban J connectivity index is 2.77. The van der Waals surface area contributed by atoms with Crippen molar-refractivity contribution in [2.45, 2.75) is 19.5 Å². The molecule has 1 aromatic carbocycles. The van der Waals surface area contributed by atoms with E-state index >= 15 is 0 Å². The van der Waals surface area contributed by atoms with Crippen LogP contribution in [0.2, 0.25) is 5.02 Å². The number of nitrogens with zero attached hydrogens (tertiary/aromatic N) is 1. The zero-order valence-corrected chi connectivity index (χ0v) is 11.4. The number of halogens is 2. The predicted octanol–water partition coefficient (Wildman–Crippen LogP) is 3.01. The number of carboxylic acids is 1. The quantitative estimate of drug-likeness (QED) is 0.929. The van der Waals surface area contributed by atoms with Crippen LogP contribution < -0.4 is 0 Å². The first-order chi connectivity index (χ1) is 7.41. The molecule has 0 fully saturated rings. The molecule has 0 aromatic heterocycles. The van der Waals surface area contributed by atoms with Crippen molar-refractivity contribution in [1.82, 2.24) is 4.90 Å². The van der Waals surface area contributed by atoms with Crippen LogP contribution in [0, 0.1) is 0 Å². The fourth-order valence-corrected chi connectivity index (χ4v) is 1.98. The molecule has 1 atom stereocenters. The van der Waals surface area contributed by atoms with Gasteiger partial charge >= 0.3 is 5.97 Å². The Bertz CT molecular complexity index is 398. The van der Waals surface area contributed by atoms with E-state index < -0.39 is 12.0 Å². The van der Waals surface area contributed by atoms with Gasteiger partial charge in [-0.2, -0.15) is 0 Å². The molecule has 1 aromatic rings. The standard InChI is InChI=1S/C11H13BrClNO2/c1-7(11(15)16)14(2)6-8-3-4-9(12)5-10(8)13/h3-5,7H,6H2,1-2H3,(H,15,16). The Morgan fingerprint density at radius 1 is 1.62 bits per heavy atom. The van der Waals surface area contributed by atoms with E-state index in [4.69, 9.17) is 16.7 Å². The molecule has 1 rings (SSSR count). The Hall–Kier alpha value is -0.580. The van der Waals surface area contributed by atoms with Gasteiger partial charge in [-0.25, -0.2) is 0 Å². The van der Waals surface area contributed by atoms with E-state index in [9.17, 15) is 4.79 Å². The number of hydrogen-bond acceptors (Lipinski definition) is 2. The van der Waals surface area contributed by atoms with Crippen LogP contribution in [0.5, 0.6) is 0 Å². The fraction of sp³-hybridized carbons (Fsp3) is 0.364. The maximum Gasteiger partial charge on any atom is 0.320 e. The molecule has 0 saturated carbocycles. The van der Waals surface area contributed by atoms with Crippen LogP contribution in [-0.2, 0) is 11.3 Å². The second kappa shape index (κ2) is 5.66. The third-order valence-corrected chi connectivity index (χ3v) is 3.30. The fourth-order valence-electron chi connectivity index (χ4n) is 1.24. The average molecular weight is 307 g/mol. The Kier molecular flexibility index (Phi) is 4.77. The number of carbonyl (C=O) groups is 1. The molecule has 0 amide bonds. The molecule has 0 aliphatic heterocycles. The summed E-state index contributed by atoms with van der Waals surface area (Å²) in [5.41, 5.74) is 0.917. The van der Waals surface area contributed by atoms with Gasteiger partial charge in [0.15, 0.2) is 0 Å². The molecular weight excluding hydrogens is 293 g/mol. The molecular formula is C11H13BrClNO2. The van der Waals surface area contributed by atoms with Crippen molar-refractivity contribution < 1.29 is 9.90 Å². The summed E-state index contributed by atoms with van der Waals surface area (Å²) in [6.07, 6.45) is 0. The smallest absolute Gasteiger partial charge is 0.320 e. The maximum absolute atomic E-state index is 10.8. The van der Waals surface area contributed by atoms with Gasteiger partial charge in [0.2, 0.25) is 0 Å². The number of hydrogen-bond donors (Lipinski definition) is 1. The first-order valence-electron chi connectivity index (χ1n) is 4.78. The van der Waals surface area contributed by atoms with E-state index in [1.54, 1.807) is 24.9 Å². The number of carboxylic acid groups (broad SMARTS) is 1. The summed E-state index contributed by atoms with van der Waals surface area (Å²) in [5.74, 6) is -0.837. The van der Waals surface area contributed by atoms with Crippen molar-refractivity contribution in [2.24, 2.45) is 0 Å². The van der Waals surface area contributed by atoms with Crippen LogP contribution in [0.4, 0.5) is 0 Å². The van der Waals surface area contributed by atoms with E-state index in [1.807, 2.05) is 12.1 Å². The zero-order chi connectivity index (χ0) is 12.3. The van der Waals surface area contributed by atoms with E-state index in [0.717, 1.165) is 10.0 Å². The molecule has 5 heteroatoms. The summed E-state index contributed by atoms with van der Waals surface area (Å²) in [5, 5.41) is 9.50. The minimum absolute atomic E-state index is 0.513. The zero-order valence-electron chi connectivity index (χ0n) is 9.08. The lowest BCUT2D eigenvalue weighted by molar-refractivity contribution is -0.142. The highest BCUT2D eigenvalue weighted by atomic mass is 79.9. The summed E-state index contributed by atoms with van der Waals surface area (Å²) < 4.78 is 0.912. The first kappa shape index (κ1) is 13.5. The largest absolute Gasteiger partial charge is 0.480 e. The van der Waals surface area contributed by atoms with Gasteiger partial charge < -0.3 is 5.11 Å². The van der Waals surface area contributed by atoms with Crippen LogP contribution in [0.1, 0.15) is 12.5 Å². The van der Waals surface area contributed by atoms with Gasteiger partial charge in [-0.15, -0.1) is 0 Å². The lowest BCUT2D eigenvalue weighted by atomic mass is 10.2. The number of rotatable bonds is 4. The molecule has 1 N–H and O–H groups in total. The average Bonchev–Trinajstić information content (AvgIpc) is 2.20. The normalized spacial score (nSPS) is 12.8. The van der Waals surface area contributed by atoms with Crippen molar-refractivity contribution >= 4 is 33.5 Å². The topological polar surface area (TPSA) is 40.5 Å². The molecule has 0 saturated heterocycles. The van der Waals surface area contributed by atoms with Gasteiger partial charge in [-0.05, 0) is 31.7 Å². The number of likely N-dealkylation sites (N-methyl/N-ethyl adjacent to an activating group) is 1. The van der Waals surface area contributed by atoms with Gasteiger partial charge in [-0.3, -0.25) is 9.69 Å². The third-order valence-electron chi connectivity index (χ3n) is 2.45. The molecule has 0 heterocycles. The van der Waals surface area contributed by atoms with Crippen LogP contribution >= 0.6 is 27.5 Å². The second-order valence-corrected chi connectivity index (χ2v) is 4.99. The minimum Gasteiger partial charge on any atom is -0.480 e. The predicted molar refractivity (Wildman–Crippen MR) is 67.7 cm³/mol. The molecule has 0 spiro atoms. The van der Waals surface area contributed by atoms with Crippen LogP contribution in [0.15, 0.2) is 22.7 Å². The second-order valence-electron chi connectivity index (χ2n) is 3.67. The maximum atomic E-state index is 10.8. The van der Waals surface area contributed by atoms with Gasteiger partial charge in [0.25, 0.3) is 0 Å². The Labute approximate surface area is 108 Å². The molecule has 1 unspecified atom stereocenters. The SMILES string of the molecule is CC(C(=O)O)N(C)Cc1ccc(Br)cc1Cl. The van der Waals surface area contributed by atoms with E-state index in [1.165, 1.54) is 0 Å². The lowest BCUT2D eigenvalue weighted by Gasteiger charge is -2.21. The molecule has 0 bridgehead atoms. The van der Waals surface area contributed by atoms with E-state index in [-0.39, 0.29) is 0 Å². The van der Waals surface area contributed by atoms with Gasteiger partial charge in [-0.1, -0.05) is 33.6 Å². The van der Waals surface area contributed by atoms with Crippen molar-refractivity contribution in [1.29, 1.82) is 0 Å². The Morgan fingerprint density at radius 3 is 2.75 bits per heavy atom. The van der Waals surface area contributed by atoms with Gasteiger partial charge in [0.1, 0.15) is 6.04 Å². The third kappa shape index (κ3) is 3.47. The highest BCUT2D eigenvalue weighted by Gasteiger charge is 2.17. The molecule has 16 heavy (non-hydrogen) atoms. The van der Waals surface area contributed by atoms with Crippen LogP contribution in [0.25, 0.3) is 0 Å². The van der Waals surface area contributed by atoms with Crippen LogP contribution in [-0.4, -0.2) is 29.1 Å². The molecule has 0 radical (unpaired) electrons. The Morgan fingerprint density at radius 2 is 2.25 bits per heavy atom. The summed E-state index contributed by atoms with van der Waals surface area (Å²) in [6.45, 7) is 2.16. The lowest BCUT2D eigenvalue weighted by Crippen LogP contribution is -2.35. The number of benzene rings is 1. The van der Waals surface area contributed by atoms with E-state index in [2.05, 4.69) is 15.9 Å². The summed E-state index contributed by atoms with van der Waals surface area (Å²) in [4.78, 5) is 12.5. The summed E-state index contributed by atoms with van der Waals surface area (Å²) in [7, 11) is 1.76. The molecule has 88 valence electrons.